The Morgan fingerprint density at radius 3 is 2.41 bits per heavy atom. The molecule has 27 heavy (non-hydrogen) atoms. The Morgan fingerprint density at radius 2 is 1.81 bits per heavy atom. The van der Waals surface area contributed by atoms with Crippen molar-refractivity contribution in [2.24, 2.45) is 5.92 Å². The third kappa shape index (κ3) is 8.15. The Balaban J connectivity index is 2.81. The van der Waals surface area contributed by atoms with Gasteiger partial charge in [0.1, 0.15) is 0 Å². The summed E-state index contributed by atoms with van der Waals surface area (Å²) in [5, 5.41) is 0. The van der Waals surface area contributed by atoms with E-state index in [9.17, 15) is 9.59 Å². The van der Waals surface area contributed by atoms with Gasteiger partial charge in [-0.1, -0.05) is 19.9 Å². The van der Waals surface area contributed by atoms with Crippen molar-refractivity contribution < 1.29 is 23.8 Å². The summed E-state index contributed by atoms with van der Waals surface area (Å²) in [6, 6.07) is 5.45. The largest absolute Gasteiger partial charge is 0.493 e. The number of hydrogen-bond donors (Lipinski definition) is 0. The zero-order valence-corrected chi connectivity index (χ0v) is 17.0. The Labute approximate surface area is 162 Å². The van der Waals surface area contributed by atoms with E-state index in [0.29, 0.717) is 37.1 Å². The van der Waals surface area contributed by atoms with Crippen LogP contribution in [-0.4, -0.2) is 50.7 Å². The number of benzene rings is 1. The number of amides is 1. The number of carbonyl (C=O) groups is 2. The molecule has 0 aliphatic rings. The van der Waals surface area contributed by atoms with E-state index in [1.165, 1.54) is 6.08 Å². The van der Waals surface area contributed by atoms with Crippen LogP contribution in [0.25, 0.3) is 6.08 Å². The normalized spacial score (nSPS) is 10.9. The Hall–Kier alpha value is -2.50. The second kappa shape index (κ2) is 12.0. The molecule has 1 amide bonds. The number of ether oxygens (including phenoxy) is 3. The maximum atomic E-state index is 12.6. The minimum Gasteiger partial charge on any atom is -0.493 e. The van der Waals surface area contributed by atoms with E-state index in [1.807, 2.05) is 6.07 Å². The standard InChI is InChI=1S/C21H31NO5/c1-6-27-21(24)12-14-22(13-11-16(2)3)20(23)10-8-17-7-9-18(25-4)19(15-17)26-5/h7-10,15-16H,6,11-14H2,1-5H3/b10-8+. The zero-order valence-electron chi connectivity index (χ0n) is 17.0. The summed E-state index contributed by atoms with van der Waals surface area (Å²) in [7, 11) is 3.15. The molecule has 0 aliphatic heterocycles. The topological polar surface area (TPSA) is 65.1 Å². The van der Waals surface area contributed by atoms with Crippen LogP contribution in [0.2, 0.25) is 0 Å². The van der Waals surface area contributed by atoms with Crippen LogP contribution in [0.15, 0.2) is 24.3 Å². The van der Waals surface area contributed by atoms with Crippen molar-refractivity contribution in [2.75, 3.05) is 33.9 Å². The maximum Gasteiger partial charge on any atom is 0.307 e. The zero-order chi connectivity index (χ0) is 20.2. The number of rotatable bonds is 11. The molecule has 1 aromatic carbocycles. The second-order valence-corrected chi connectivity index (χ2v) is 6.51. The molecule has 0 N–H and O–H groups in total. The summed E-state index contributed by atoms with van der Waals surface area (Å²) in [6.07, 6.45) is 4.32. The molecule has 6 nitrogen and oxygen atoms in total. The average molecular weight is 377 g/mol. The first-order chi connectivity index (χ1) is 12.9. The van der Waals surface area contributed by atoms with Crippen molar-refractivity contribution in [2.45, 2.75) is 33.6 Å². The van der Waals surface area contributed by atoms with Gasteiger partial charge in [0, 0.05) is 19.2 Å². The van der Waals surface area contributed by atoms with Gasteiger partial charge < -0.3 is 19.1 Å². The van der Waals surface area contributed by atoms with Gasteiger partial charge in [-0.15, -0.1) is 0 Å². The van der Waals surface area contributed by atoms with Crippen LogP contribution in [-0.2, 0) is 14.3 Å². The molecule has 0 spiro atoms. The average Bonchev–Trinajstić information content (AvgIpc) is 2.65. The van der Waals surface area contributed by atoms with Crippen LogP contribution in [0.1, 0.15) is 39.2 Å². The van der Waals surface area contributed by atoms with Gasteiger partial charge in [0.25, 0.3) is 0 Å². The lowest BCUT2D eigenvalue weighted by Crippen LogP contribution is -2.33. The lowest BCUT2D eigenvalue weighted by Gasteiger charge is -2.22. The Morgan fingerprint density at radius 1 is 1.11 bits per heavy atom. The van der Waals surface area contributed by atoms with Gasteiger partial charge in [0.2, 0.25) is 5.91 Å². The number of nitrogens with zero attached hydrogens (tertiary/aromatic N) is 1. The van der Waals surface area contributed by atoms with Gasteiger partial charge in [-0.3, -0.25) is 9.59 Å². The molecule has 0 aromatic heterocycles. The summed E-state index contributed by atoms with van der Waals surface area (Å²) in [4.78, 5) is 25.9. The quantitative estimate of drug-likeness (QED) is 0.436. The van der Waals surface area contributed by atoms with Crippen molar-refractivity contribution in [3.05, 3.63) is 29.8 Å². The lowest BCUT2D eigenvalue weighted by atomic mass is 10.1. The molecule has 0 saturated carbocycles. The molecule has 0 aliphatic carbocycles. The first kappa shape index (κ1) is 22.5. The minimum atomic E-state index is -0.288. The van der Waals surface area contributed by atoms with Crippen LogP contribution in [0.4, 0.5) is 0 Å². The third-order valence-corrected chi connectivity index (χ3v) is 4.01. The fourth-order valence-corrected chi connectivity index (χ4v) is 2.44. The van der Waals surface area contributed by atoms with Crippen LogP contribution in [0.3, 0.4) is 0 Å². The van der Waals surface area contributed by atoms with E-state index in [4.69, 9.17) is 14.2 Å². The molecule has 1 rings (SSSR count). The molecular weight excluding hydrogens is 346 g/mol. The van der Waals surface area contributed by atoms with Crippen LogP contribution in [0, 0.1) is 5.92 Å². The molecule has 150 valence electrons. The van der Waals surface area contributed by atoms with Gasteiger partial charge in [0.15, 0.2) is 11.5 Å². The van der Waals surface area contributed by atoms with Crippen LogP contribution in [0.5, 0.6) is 11.5 Å². The number of esters is 1. The molecule has 0 atom stereocenters. The summed E-state index contributed by atoms with van der Waals surface area (Å²) in [6.45, 7) is 7.28. The first-order valence-corrected chi connectivity index (χ1v) is 9.25. The van der Waals surface area contributed by atoms with Crippen molar-refractivity contribution in [3.8, 4) is 11.5 Å². The fourth-order valence-electron chi connectivity index (χ4n) is 2.44. The first-order valence-electron chi connectivity index (χ1n) is 9.25. The number of hydrogen-bond acceptors (Lipinski definition) is 5. The van der Waals surface area contributed by atoms with Gasteiger partial charge in [-0.25, -0.2) is 0 Å². The Bertz CT molecular complexity index is 639. The highest BCUT2D eigenvalue weighted by molar-refractivity contribution is 5.92. The monoisotopic (exact) mass is 377 g/mol. The molecule has 0 fully saturated rings. The third-order valence-electron chi connectivity index (χ3n) is 4.01. The van der Waals surface area contributed by atoms with E-state index < -0.39 is 0 Å². The predicted molar refractivity (Wildman–Crippen MR) is 106 cm³/mol. The summed E-state index contributed by atoms with van der Waals surface area (Å²) in [5.41, 5.74) is 0.829. The van der Waals surface area contributed by atoms with E-state index in [0.717, 1.165) is 12.0 Å². The van der Waals surface area contributed by atoms with E-state index in [-0.39, 0.29) is 18.3 Å². The lowest BCUT2D eigenvalue weighted by molar-refractivity contribution is -0.143. The highest BCUT2D eigenvalue weighted by Crippen LogP contribution is 2.28. The number of methoxy groups -OCH3 is 2. The Kier molecular flexibility index (Phi) is 10.0. The van der Waals surface area contributed by atoms with Gasteiger partial charge >= 0.3 is 5.97 Å². The highest BCUT2D eigenvalue weighted by atomic mass is 16.5. The molecule has 0 saturated heterocycles. The van der Waals surface area contributed by atoms with Gasteiger partial charge in [0.05, 0.1) is 27.2 Å². The number of carbonyl (C=O) groups excluding carboxylic acids is 2. The maximum absolute atomic E-state index is 12.6. The summed E-state index contributed by atoms with van der Waals surface area (Å²) >= 11 is 0. The molecular formula is C21H31NO5. The van der Waals surface area contributed by atoms with Crippen molar-refractivity contribution in [1.29, 1.82) is 0 Å². The predicted octanol–water partition coefficient (Wildman–Crippen LogP) is 3.54. The highest BCUT2D eigenvalue weighted by Gasteiger charge is 2.14. The smallest absolute Gasteiger partial charge is 0.307 e. The van der Waals surface area contributed by atoms with Gasteiger partial charge in [-0.05, 0) is 43.0 Å². The van der Waals surface area contributed by atoms with Crippen LogP contribution < -0.4 is 9.47 Å². The molecule has 0 unspecified atom stereocenters. The van der Waals surface area contributed by atoms with E-state index in [1.54, 1.807) is 44.3 Å². The second-order valence-electron chi connectivity index (χ2n) is 6.51. The SMILES string of the molecule is CCOC(=O)CCN(CCC(C)C)C(=O)/C=C/c1ccc(OC)c(OC)c1. The van der Waals surface area contributed by atoms with E-state index >= 15 is 0 Å². The fraction of sp³-hybridized carbons (Fsp3) is 0.524. The van der Waals surface area contributed by atoms with Crippen LogP contribution >= 0.6 is 0 Å². The van der Waals surface area contributed by atoms with Crippen molar-refractivity contribution in [3.63, 3.8) is 0 Å². The molecule has 0 bridgehead atoms. The van der Waals surface area contributed by atoms with Gasteiger partial charge in [-0.2, -0.15) is 0 Å². The van der Waals surface area contributed by atoms with E-state index in [2.05, 4.69) is 13.8 Å². The van der Waals surface area contributed by atoms with Crippen molar-refractivity contribution in [1.82, 2.24) is 4.90 Å². The minimum absolute atomic E-state index is 0.130. The molecule has 0 radical (unpaired) electrons. The molecule has 1 aromatic rings. The molecule has 6 heteroatoms. The van der Waals surface area contributed by atoms with Crippen molar-refractivity contribution >= 4 is 18.0 Å². The summed E-state index contributed by atoms with van der Waals surface area (Å²) in [5.74, 6) is 1.29. The molecule has 0 heterocycles. The summed E-state index contributed by atoms with van der Waals surface area (Å²) < 4.78 is 15.4.